The molecular formula is C21H21NO2. The maximum Gasteiger partial charge on any atom is 0.253 e. The minimum atomic E-state index is -0.256. The molecule has 2 aliphatic heterocycles. The van der Waals surface area contributed by atoms with Crippen molar-refractivity contribution in [2.24, 2.45) is 0 Å². The molecule has 0 radical (unpaired) electrons. The molecule has 1 unspecified atom stereocenters. The summed E-state index contributed by atoms with van der Waals surface area (Å²) in [6.07, 6.45) is 4.74. The van der Waals surface area contributed by atoms with Gasteiger partial charge in [-0.1, -0.05) is 48.5 Å². The van der Waals surface area contributed by atoms with Crippen LogP contribution < -0.4 is 0 Å². The molecule has 2 heterocycles. The van der Waals surface area contributed by atoms with E-state index < -0.39 is 0 Å². The zero-order valence-electron chi connectivity index (χ0n) is 13.7. The summed E-state index contributed by atoms with van der Waals surface area (Å²) in [5.74, 6) is 0.103. The van der Waals surface area contributed by atoms with Gasteiger partial charge in [-0.15, -0.1) is 0 Å². The van der Waals surface area contributed by atoms with Gasteiger partial charge in [0.2, 0.25) is 0 Å². The molecule has 0 bridgehead atoms. The van der Waals surface area contributed by atoms with Gasteiger partial charge < -0.3 is 9.64 Å². The normalized spacial score (nSPS) is 23.0. The first kappa shape index (κ1) is 15.0. The molecule has 0 aromatic heterocycles. The van der Waals surface area contributed by atoms with Gasteiger partial charge in [-0.05, 0) is 36.1 Å². The number of likely N-dealkylation sites (tertiary alicyclic amines) is 1. The van der Waals surface area contributed by atoms with Crippen molar-refractivity contribution in [3.8, 4) is 0 Å². The Hall–Kier alpha value is -2.55. The smallest absolute Gasteiger partial charge is 0.253 e. The molecule has 0 aliphatic carbocycles. The number of nitrogens with zero attached hydrogens (tertiary/aromatic N) is 1. The summed E-state index contributed by atoms with van der Waals surface area (Å²) >= 11 is 0. The fourth-order valence-electron chi connectivity index (χ4n) is 3.72. The highest BCUT2D eigenvalue weighted by atomic mass is 16.5. The third-order valence-corrected chi connectivity index (χ3v) is 4.96. The van der Waals surface area contributed by atoms with Crippen molar-refractivity contribution in [3.63, 3.8) is 0 Å². The Kier molecular flexibility index (Phi) is 3.85. The lowest BCUT2D eigenvalue weighted by Gasteiger charge is -2.39. The van der Waals surface area contributed by atoms with Gasteiger partial charge in [-0.3, -0.25) is 4.79 Å². The molecule has 1 atom stereocenters. The van der Waals surface area contributed by atoms with Crippen LogP contribution in [0.4, 0.5) is 0 Å². The van der Waals surface area contributed by atoms with Gasteiger partial charge in [-0.25, -0.2) is 0 Å². The van der Waals surface area contributed by atoms with Crippen molar-refractivity contribution in [2.75, 3.05) is 13.1 Å². The van der Waals surface area contributed by atoms with Gasteiger partial charge in [-0.2, -0.15) is 0 Å². The highest BCUT2D eigenvalue weighted by molar-refractivity contribution is 5.94. The highest BCUT2D eigenvalue weighted by Crippen LogP contribution is 2.40. The lowest BCUT2D eigenvalue weighted by molar-refractivity contribution is -0.0190. The molecule has 1 fully saturated rings. The van der Waals surface area contributed by atoms with Gasteiger partial charge in [0.15, 0.2) is 0 Å². The van der Waals surface area contributed by atoms with Crippen molar-refractivity contribution in [3.05, 3.63) is 78.1 Å². The second-order valence-electron chi connectivity index (χ2n) is 6.68. The van der Waals surface area contributed by atoms with E-state index in [0.29, 0.717) is 6.54 Å². The lowest BCUT2D eigenvalue weighted by Crippen LogP contribution is -2.50. The first-order valence-electron chi connectivity index (χ1n) is 8.52. The molecule has 122 valence electrons. The number of hydrogen-bond acceptors (Lipinski definition) is 2. The summed E-state index contributed by atoms with van der Waals surface area (Å²) in [5, 5.41) is 0. The summed E-state index contributed by atoms with van der Waals surface area (Å²) in [6.45, 7) is 1.47. The molecule has 3 heteroatoms. The summed E-state index contributed by atoms with van der Waals surface area (Å²) in [6, 6.07) is 19.9. The fraction of sp³-hybridized carbons (Fsp3) is 0.286. The number of ether oxygens (including phenoxy) is 1. The average molecular weight is 319 g/mol. The van der Waals surface area contributed by atoms with Gasteiger partial charge in [0.25, 0.3) is 5.91 Å². The monoisotopic (exact) mass is 319 g/mol. The maximum absolute atomic E-state index is 12.7. The van der Waals surface area contributed by atoms with Crippen LogP contribution in [0.5, 0.6) is 0 Å². The van der Waals surface area contributed by atoms with Crippen molar-refractivity contribution < 1.29 is 9.53 Å². The lowest BCUT2D eigenvalue weighted by atomic mass is 9.86. The van der Waals surface area contributed by atoms with E-state index >= 15 is 0 Å². The van der Waals surface area contributed by atoms with Crippen LogP contribution in [0.1, 0.15) is 35.2 Å². The summed E-state index contributed by atoms with van der Waals surface area (Å²) in [4.78, 5) is 14.7. The van der Waals surface area contributed by atoms with Crippen LogP contribution in [0.15, 0.2) is 66.9 Å². The summed E-state index contributed by atoms with van der Waals surface area (Å²) in [7, 11) is 0. The van der Waals surface area contributed by atoms with Crippen molar-refractivity contribution in [1.82, 2.24) is 4.90 Å². The molecule has 1 amide bonds. The zero-order valence-corrected chi connectivity index (χ0v) is 13.7. The number of amides is 1. The molecular weight excluding hydrogens is 298 g/mol. The van der Waals surface area contributed by atoms with Gasteiger partial charge in [0.1, 0.15) is 5.60 Å². The number of benzene rings is 2. The van der Waals surface area contributed by atoms with E-state index in [0.717, 1.165) is 31.4 Å². The van der Waals surface area contributed by atoms with E-state index in [-0.39, 0.29) is 11.5 Å². The molecule has 0 N–H and O–H groups in total. The van der Waals surface area contributed by atoms with E-state index in [1.807, 2.05) is 59.7 Å². The van der Waals surface area contributed by atoms with Crippen molar-refractivity contribution in [1.29, 1.82) is 0 Å². The number of rotatable bonds is 2. The first-order valence-corrected chi connectivity index (χ1v) is 8.52. The van der Waals surface area contributed by atoms with Crippen LogP contribution >= 0.6 is 0 Å². The van der Waals surface area contributed by atoms with E-state index in [1.54, 1.807) is 0 Å². The van der Waals surface area contributed by atoms with E-state index in [1.165, 1.54) is 11.1 Å². The maximum atomic E-state index is 12.7. The molecule has 0 saturated carbocycles. The Morgan fingerprint density at radius 1 is 1.00 bits per heavy atom. The van der Waals surface area contributed by atoms with Crippen LogP contribution in [0.25, 0.3) is 5.57 Å². The Labute approximate surface area is 142 Å². The SMILES string of the molecule is O=C(c1ccccc1)N1CCCC2(CC(c3ccccc3)=CO2)C1. The average Bonchev–Trinajstić information content (AvgIpc) is 3.06. The van der Waals surface area contributed by atoms with Crippen molar-refractivity contribution in [2.45, 2.75) is 24.9 Å². The second-order valence-corrected chi connectivity index (χ2v) is 6.68. The van der Waals surface area contributed by atoms with Crippen LogP contribution in [-0.2, 0) is 4.74 Å². The predicted octanol–water partition coefficient (Wildman–Crippen LogP) is 4.12. The zero-order chi connectivity index (χ0) is 16.4. The summed E-state index contributed by atoms with van der Waals surface area (Å²) < 4.78 is 6.11. The first-order chi connectivity index (χ1) is 11.8. The Balaban J connectivity index is 1.49. The van der Waals surface area contributed by atoms with Crippen molar-refractivity contribution >= 4 is 11.5 Å². The Morgan fingerprint density at radius 3 is 2.46 bits per heavy atom. The molecule has 1 saturated heterocycles. The minimum Gasteiger partial charge on any atom is -0.492 e. The van der Waals surface area contributed by atoms with E-state index in [4.69, 9.17) is 4.74 Å². The van der Waals surface area contributed by atoms with Crippen LogP contribution in [0.2, 0.25) is 0 Å². The van der Waals surface area contributed by atoms with Crippen LogP contribution in [-0.4, -0.2) is 29.5 Å². The molecule has 2 aromatic rings. The van der Waals surface area contributed by atoms with Gasteiger partial charge >= 0.3 is 0 Å². The van der Waals surface area contributed by atoms with Crippen LogP contribution in [0.3, 0.4) is 0 Å². The van der Waals surface area contributed by atoms with Crippen LogP contribution in [0, 0.1) is 0 Å². The minimum absolute atomic E-state index is 0.103. The standard InChI is InChI=1S/C21H21NO2/c23-20(18-10-5-2-6-11-18)22-13-7-12-21(16-22)14-19(15-24-21)17-8-3-1-4-9-17/h1-6,8-11,15H,7,12-14,16H2. The largest absolute Gasteiger partial charge is 0.492 e. The molecule has 2 aliphatic rings. The number of carbonyl (C=O) groups excluding carboxylic acids is 1. The second kappa shape index (κ2) is 6.16. The topological polar surface area (TPSA) is 29.5 Å². The highest BCUT2D eigenvalue weighted by Gasteiger charge is 2.42. The van der Waals surface area contributed by atoms with E-state index in [2.05, 4.69) is 12.1 Å². The summed E-state index contributed by atoms with van der Waals surface area (Å²) in [5.41, 5.74) is 2.93. The molecule has 3 nitrogen and oxygen atoms in total. The third kappa shape index (κ3) is 2.82. The van der Waals surface area contributed by atoms with Gasteiger partial charge in [0.05, 0.1) is 12.8 Å². The Bertz CT molecular complexity index is 754. The van der Waals surface area contributed by atoms with Gasteiger partial charge in [0, 0.05) is 18.5 Å². The number of hydrogen-bond donors (Lipinski definition) is 0. The number of piperidine rings is 1. The quantitative estimate of drug-likeness (QED) is 0.833. The fourth-order valence-corrected chi connectivity index (χ4v) is 3.72. The molecule has 24 heavy (non-hydrogen) atoms. The molecule has 1 spiro atoms. The van der Waals surface area contributed by atoms with E-state index in [9.17, 15) is 4.79 Å². The third-order valence-electron chi connectivity index (χ3n) is 4.96. The number of carbonyl (C=O) groups is 1. The molecule has 4 rings (SSSR count). The Morgan fingerprint density at radius 2 is 1.71 bits per heavy atom. The predicted molar refractivity (Wildman–Crippen MR) is 94.4 cm³/mol. The molecule has 2 aromatic carbocycles.